The monoisotopic (exact) mass is 312 g/mol. The lowest BCUT2D eigenvalue weighted by Crippen LogP contribution is -2.21. The van der Waals surface area contributed by atoms with E-state index in [0.29, 0.717) is 27.1 Å². The molecule has 5 heteroatoms. The van der Waals surface area contributed by atoms with Gasteiger partial charge in [-0.3, -0.25) is 4.57 Å². The van der Waals surface area contributed by atoms with Gasteiger partial charge in [0.1, 0.15) is 5.58 Å². The van der Waals surface area contributed by atoms with Gasteiger partial charge in [-0.1, -0.05) is 36.4 Å². The molecule has 1 aliphatic rings. The first kappa shape index (κ1) is 13.5. The lowest BCUT2D eigenvalue weighted by atomic mass is 10.1. The second-order valence-electron chi connectivity index (χ2n) is 5.28. The van der Waals surface area contributed by atoms with E-state index in [4.69, 9.17) is 8.94 Å². The molecular formula is C17H13O4P. The Labute approximate surface area is 126 Å². The molecule has 2 heterocycles. The molecule has 0 aliphatic carbocycles. The fraction of sp³-hybridized carbons (Fsp3) is 0.118. The van der Waals surface area contributed by atoms with Crippen molar-refractivity contribution in [2.45, 2.75) is 13.0 Å². The molecule has 4 nitrogen and oxygen atoms in total. The first-order valence-electron chi connectivity index (χ1n) is 7.01. The highest BCUT2D eigenvalue weighted by Gasteiger charge is 2.44. The van der Waals surface area contributed by atoms with Gasteiger partial charge in [0.05, 0.1) is 17.0 Å². The molecule has 0 saturated heterocycles. The zero-order valence-electron chi connectivity index (χ0n) is 11.9. The minimum atomic E-state index is -3.30. The zero-order chi connectivity index (χ0) is 15.3. The van der Waals surface area contributed by atoms with Crippen molar-refractivity contribution in [3.8, 4) is 0 Å². The maximum Gasteiger partial charge on any atom is 0.342 e. The van der Waals surface area contributed by atoms with Crippen molar-refractivity contribution in [3.05, 3.63) is 70.6 Å². The van der Waals surface area contributed by atoms with Crippen LogP contribution in [-0.2, 0) is 9.09 Å². The van der Waals surface area contributed by atoms with E-state index in [1.165, 1.54) is 0 Å². The van der Waals surface area contributed by atoms with E-state index in [1.54, 1.807) is 31.2 Å². The molecule has 0 fully saturated rings. The molecule has 3 aromatic rings. The van der Waals surface area contributed by atoms with Crippen LogP contribution < -0.4 is 16.2 Å². The van der Waals surface area contributed by atoms with Gasteiger partial charge in [0.25, 0.3) is 7.37 Å². The largest absolute Gasteiger partial charge is 0.422 e. The van der Waals surface area contributed by atoms with Gasteiger partial charge in [-0.15, -0.1) is 0 Å². The maximum absolute atomic E-state index is 13.6. The summed E-state index contributed by atoms with van der Waals surface area (Å²) in [5.74, 6) is 0. The third kappa shape index (κ3) is 1.75. The normalized spacial score (nSPS) is 23.6. The minimum absolute atomic E-state index is 0.367. The summed E-state index contributed by atoms with van der Waals surface area (Å²) in [6.07, 6.45) is -0.554. The molecule has 2 aromatic carbocycles. The number of para-hydroxylation sites is 1. The van der Waals surface area contributed by atoms with Gasteiger partial charge in [-0.05, 0) is 25.1 Å². The Morgan fingerprint density at radius 1 is 1.00 bits per heavy atom. The molecule has 1 aromatic heterocycles. The van der Waals surface area contributed by atoms with E-state index in [2.05, 4.69) is 0 Å². The van der Waals surface area contributed by atoms with Crippen molar-refractivity contribution in [1.82, 2.24) is 0 Å². The van der Waals surface area contributed by atoms with Gasteiger partial charge in [0, 0.05) is 10.7 Å². The van der Waals surface area contributed by atoms with Crippen molar-refractivity contribution in [3.63, 3.8) is 0 Å². The fourth-order valence-electron chi connectivity index (χ4n) is 2.97. The standard InChI is InChI=1S/C17H13O4P/c1-11-15-16(13-9-5-6-10-14(13)20-17(15)18)22(19,21-11)12-7-3-2-4-8-12/h2-11H,1H3. The third-order valence-corrected chi connectivity index (χ3v) is 6.59. The van der Waals surface area contributed by atoms with Crippen LogP contribution in [0.25, 0.3) is 11.0 Å². The smallest absolute Gasteiger partial charge is 0.342 e. The Balaban J connectivity index is 2.16. The highest BCUT2D eigenvalue weighted by Crippen LogP contribution is 2.55. The fourth-order valence-corrected chi connectivity index (χ4v) is 5.66. The predicted molar refractivity (Wildman–Crippen MR) is 85.3 cm³/mol. The molecule has 4 rings (SSSR count). The maximum atomic E-state index is 13.6. The lowest BCUT2D eigenvalue weighted by molar-refractivity contribution is 0.248. The highest BCUT2D eigenvalue weighted by molar-refractivity contribution is 7.75. The van der Waals surface area contributed by atoms with Gasteiger partial charge in [0.15, 0.2) is 0 Å². The van der Waals surface area contributed by atoms with Crippen LogP contribution in [-0.4, -0.2) is 0 Å². The SMILES string of the molecule is CC1OP(=O)(c2ccccc2)c2c1c(=O)oc1ccccc21. The number of benzene rings is 2. The van der Waals surface area contributed by atoms with Crippen LogP contribution >= 0.6 is 7.37 Å². The van der Waals surface area contributed by atoms with E-state index in [0.717, 1.165) is 0 Å². The van der Waals surface area contributed by atoms with Crippen molar-refractivity contribution < 1.29 is 13.5 Å². The molecule has 0 N–H and O–H groups in total. The topological polar surface area (TPSA) is 56.5 Å². The van der Waals surface area contributed by atoms with Gasteiger partial charge >= 0.3 is 5.63 Å². The van der Waals surface area contributed by atoms with E-state index in [9.17, 15) is 9.36 Å². The summed E-state index contributed by atoms with van der Waals surface area (Å²) >= 11 is 0. The van der Waals surface area contributed by atoms with Crippen LogP contribution in [0, 0.1) is 0 Å². The van der Waals surface area contributed by atoms with Crippen LogP contribution in [0.3, 0.4) is 0 Å². The first-order valence-corrected chi connectivity index (χ1v) is 8.64. The van der Waals surface area contributed by atoms with Crippen LogP contribution in [0.4, 0.5) is 0 Å². The van der Waals surface area contributed by atoms with E-state index in [1.807, 2.05) is 30.3 Å². The minimum Gasteiger partial charge on any atom is -0.422 e. The quantitative estimate of drug-likeness (QED) is 0.512. The third-order valence-electron chi connectivity index (χ3n) is 3.92. The number of hydrogen-bond donors (Lipinski definition) is 0. The molecule has 0 saturated carbocycles. The van der Waals surface area contributed by atoms with Crippen molar-refractivity contribution in [2.75, 3.05) is 0 Å². The van der Waals surface area contributed by atoms with Gasteiger partial charge < -0.3 is 8.94 Å². The average molecular weight is 312 g/mol. The predicted octanol–water partition coefficient (Wildman–Crippen LogP) is 3.11. The average Bonchev–Trinajstić information content (AvgIpc) is 2.82. The molecule has 22 heavy (non-hydrogen) atoms. The number of rotatable bonds is 1. The Hall–Kier alpha value is -2.16. The zero-order valence-corrected chi connectivity index (χ0v) is 12.7. The Bertz CT molecular complexity index is 975. The first-order chi connectivity index (χ1) is 10.6. The Kier molecular flexibility index (Phi) is 2.86. The van der Waals surface area contributed by atoms with Crippen molar-refractivity contribution in [1.29, 1.82) is 0 Å². The molecule has 0 spiro atoms. The number of hydrogen-bond acceptors (Lipinski definition) is 4. The molecule has 1 aliphatic heterocycles. The van der Waals surface area contributed by atoms with Gasteiger partial charge in [-0.2, -0.15) is 0 Å². The van der Waals surface area contributed by atoms with Crippen molar-refractivity contribution >= 4 is 28.9 Å². The van der Waals surface area contributed by atoms with Crippen LogP contribution in [0.2, 0.25) is 0 Å². The summed E-state index contributed by atoms with van der Waals surface area (Å²) in [4.78, 5) is 12.3. The Morgan fingerprint density at radius 2 is 1.68 bits per heavy atom. The molecule has 110 valence electrons. The van der Waals surface area contributed by atoms with Gasteiger partial charge in [-0.25, -0.2) is 4.79 Å². The molecule has 0 bridgehead atoms. The molecule has 0 amide bonds. The lowest BCUT2D eigenvalue weighted by Gasteiger charge is -2.14. The molecule has 2 atom stereocenters. The molecule has 0 radical (unpaired) electrons. The summed E-state index contributed by atoms with van der Waals surface area (Å²) in [5, 5.41) is 1.75. The summed E-state index contributed by atoms with van der Waals surface area (Å²) in [6.45, 7) is 1.73. The van der Waals surface area contributed by atoms with E-state index in [-0.39, 0.29) is 0 Å². The summed E-state index contributed by atoms with van der Waals surface area (Å²) in [7, 11) is -3.30. The van der Waals surface area contributed by atoms with E-state index >= 15 is 0 Å². The second kappa shape index (κ2) is 4.67. The molecule has 2 unspecified atom stereocenters. The van der Waals surface area contributed by atoms with Crippen LogP contribution in [0.5, 0.6) is 0 Å². The van der Waals surface area contributed by atoms with Gasteiger partial charge in [0.2, 0.25) is 0 Å². The van der Waals surface area contributed by atoms with Crippen molar-refractivity contribution in [2.24, 2.45) is 0 Å². The van der Waals surface area contributed by atoms with Crippen LogP contribution in [0.1, 0.15) is 18.6 Å². The summed E-state index contributed by atoms with van der Waals surface area (Å²) in [5.41, 5.74) is 0.320. The number of fused-ring (bicyclic) bond motifs is 3. The Morgan fingerprint density at radius 3 is 2.45 bits per heavy atom. The van der Waals surface area contributed by atoms with E-state index < -0.39 is 19.1 Å². The molecular weight excluding hydrogens is 299 g/mol. The highest BCUT2D eigenvalue weighted by atomic mass is 31.2. The summed E-state index contributed by atoms with van der Waals surface area (Å²) in [6, 6.07) is 16.2. The second-order valence-corrected chi connectivity index (χ2v) is 7.56. The summed E-state index contributed by atoms with van der Waals surface area (Å²) < 4.78 is 24.7. The van der Waals surface area contributed by atoms with Crippen LogP contribution in [0.15, 0.2) is 63.8 Å².